The molecule has 7 heteroatoms. The number of likely N-dealkylation sites (tertiary alicyclic amines) is 1. The van der Waals surface area contributed by atoms with Crippen LogP contribution in [0.3, 0.4) is 0 Å². The van der Waals surface area contributed by atoms with Crippen LogP contribution in [0.15, 0.2) is 40.9 Å². The first-order chi connectivity index (χ1) is 14.1. The second kappa shape index (κ2) is 7.72. The number of hydrogen-bond donors (Lipinski definition) is 0. The van der Waals surface area contributed by atoms with E-state index in [9.17, 15) is 9.18 Å². The number of fused-ring (bicyclic) bond motifs is 1. The van der Waals surface area contributed by atoms with Crippen molar-refractivity contribution in [2.24, 2.45) is 0 Å². The zero-order chi connectivity index (χ0) is 21.7. The molecule has 1 amide bonds. The van der Waals surface area contributed by atoms with Crippen molar-refractivity contribution in [1.82, 2.24) is 4.90 Å². The summed E-state index contributed by atoms with van der Waals surface area (Å²) in [6.07, 6.45) is 1.71. The average Bonchev–Trinajstić information content (AvgIpc) is 3.31. The molecule has 2 heterocycles. The van der Waals surface area contributed by atoms with Crippen molar-refractivity contribution < 1.29 is 18.7 Å². The van der Waals surface area contributed by atoms with Gasteiger partial charge in [-0.05, 0) is 55.1 Å². The summed E-state index contributed by atoms with van der Waals surface area (Å²) in [6, 6.07) is 10.9. The zero-order valence-electron chi connectivity index (χ0n) is 17.2. The molecule has 2 unspecified atom stereocenters. The van der Waals surface area contributed by atoms with E-state index >= 15 is 0 Å². The lowest BCUT2D eigenvalue weighted by atomic mass is 9.81. The van der Waals surface area contributed by atoms with Gasteiger partial charge in [-0.3, -0.25) is 0 Å². The third kappa shape index (κ3) is 3.69. The first-order valence-corrected chi connectivity index (χ1v) is 11.2. The molecule has 0 aromatic heterocycles. The van der Waals surface area contributed by atoms with Crippen LogP contribution in [0.5, 0.6) is 5.75 Å². The number of rotatable bonds is 2. The van der Waals surface area contributed by atoms with Crippen LogP contribution in [0.1, 0.15) is 44.7 Å². The Kier molecular flexibility index (Phi) is 5.52. The minimum atomic E-state index is -0.851. The van der Waals surface area contributed by atoms with Gasteiger partial charge in [-0.25, -0.2) is 9.18 Å². The van der Waals surface area contributed by atoms with Gasteiger partial charge in [0.1, 0.15) is 17.2 Å². The van der Waals surface area contributed by atoms with Crippen LogP contribution in [0.25, 0.3) is 0 Å². The van der Waals surface area contributed by atoms with E-state index in [1.165, 1.54) is 6.07 Å². The number of ether oxygens (including phenoxy) is 2. The van der Waals surface area contributed by atoms with Crippen molar-refractivity contribution in [2.75, 3.05) is 6.54 Å². The maximum absolute atomic E-state index is 14.3. The van der Waals surface area contributed by atoms with Crippen LogP contribution in [-0.2, 0) is 16.8 Å². The summed E-state index contributed by atoms with van der Waals surface area (Å²) in [5, 5.41) is 0.0385. The van der Waals surface area contributed by atoms with Crippen LogP contribution in [0, 0.1) is 5.82 Å². The fourth-order valence-electron chi connectivity index (χ4n) is 4.41. The number of carbonyl (C=O) groups excluding carboxylic acids is 1. The molecule has 0 aliphatic carbocycles. The fraction of sp³-hybridized carbons (Fsp3) is 0.435. The summed E-state index contributed by atoms with van der Waals surface area (Å²) >= 11 is 9.59. The maximum atomic E-state index is 14.3. The normalized spacial score (nSPS) is 23.3. The van der Waals surface area contributed by atoms with E-state index in [-0.39, 0.29) is 17.2 Å². The predicted octanol–water partition coefficient (Wildman–Crippen LogP) is 6.47. The predicted molar refractivity (Wildman–Crippen MR) is 118 cm³/mol. The SMILES string of the molecule is CC(C)(C)OC(=O)N1CCCC1C1(c2ccccc2)Cc2c(cc(F)c(Cl)c2Br)O1. The molecule has 160 valence electrons. The van der Waals surface area contributed by atoms with E-state index in [2.05, 4.69) is 15.9 Å². The number of halogens is 3. The number of benzene rings is 2. The average molecular weight is 497 g/mol. The third-order valence-electron chi connectivity index (χ3n) is 5.64. The van der Waals surface area contributed by atoms with E-state index in [0.29, 0.717) is 23.2 Å². The van der Waals surface area contributed by atoms with E-state index < -0.39 is 17.0 Å². The number of carbonyl (C=O) groups is 1. The molecule has 2 aromatic carbocycles. The van der Waals surface area contributed by atoms with Crippen LogP contribution < -0.4 is 4.74 Å². The van der Waals surface area contributed by atoms with Crippen molar-refractivity contribution in [3.05, 3.63) is 62.8 Å². The third-order valence-corrected chi connectivity index (χ3v) is 7.11. The second-order valence-corrected chi connectivity index (χ2v) is 10.0. The largest absolute Gasteiger partial charge is 0.480 e. The van der Waals surface area contributed by atoms with Gasteiger partial charge < -0.3 is 14.4 Å². The van der Waals surface area contributed by atoms with Crippen LogP contribution in [-0.4, -0.2) is 29.2 Å². The number of amides is 1. The van der Waals surface area contributed by atoms with Gasteiger partial charge in [0.15, 0.2) is 5.60 Å². The topological polar surface area (TPSA) is 38.8 Å². The quantitative estimate of drug-likeness (QED) is 0.447. The lowest BCUT2D eigenvalue weighted by Gasteiger charge is -2.40. The van der Waals surface area contributed by atoms with E-state index in [1.54, 1.807) is 4.90 Å². The first-order valence-electron chi connectivity index (χ1n) is 10.0. The molecule has 4 nitrogen and oxygen atoms in total. The summed E-state index contributed by atoms with van der Waals surface area (Å²) < 4.78 is 27.0. The van der Waals surface area contributed by atoms with Gasteiger partial charge in [0, 0.05) is 29.1 Å². The molecular weight excluding hydrogens is 473 g/mol. The Bertz CT molecular complexity index is 979. The fourth-order valence-corrected chi connectivity index (χ4v) is 5.11. The maximum Gasteiger partial charge on any atom is 0.410 e. The Labute approximate surface area is 189 Å². The minimum absolute atomic E-state index is 0.0385. The summed E-state index contributed by atoms with van der Waals surface area (Å²) in [4.78, 5) is 14.8. The van der Waals surface area contributed by atoms with E-state index in [1.807, 2.05) is 51.1 Å². The Morgan fingerprint density at radius 2 is 2.03 bits per heavy atom. The lowest BCUT2D eigenvalue weighted by Crippen LogP contribution is -2.53. The monoisotopic (exact) mass is 495 g/mol. The van der Waals surface area contributed by atoms with Crippen LogP contribution in [0.2, 0.25) is 5.02 Å². The molecule has 2 aliphatic heterocycles. The second-order valence-electron chi connectivity index (χ2n) is 8.83. The van der Waals surface area contributed by atoms with Gasteiger partial charge in [-0.1, -0.05) is 41.9 Å². The standard InChI is InChI=1S/C23H24BrClFNO3/c1-22(2,3)30-21(28)27-11-7-10-18(27)23(14-8-5-4-6-9-14)13-15-17(29-23)12-16(26)20(25)19(15)24/h4-6,8-9,12,18H,7,10-11,13H2,1-3H3. The minimum Gasteiger partial charge on any atom is -0.480 e. The Morgan fingerprint density at radius 1 is 1.33 bits per heavy atom. The molecule has 30 heavy (non-hydrogen) atoms. The highest BCUT2D eigenvalue weighted by atomic mass is 79.9. The van der Waals surface area contributed by atoms with Crippen molar-refractivity contribution in [2.45, 2.75) is 57.3 Å². The molecule has 2 aromatic rings. The number of hydrogen-bond acceptors (Lipinski definition) is 3. The first kappa shape index (κ1) is 21.4. The molecule has 1 saturated heterocycles. The molecule has 2 atom stereocenters. The van der Waals surface area contributed by atoms with Gasteiger partial charge in [-0.2, -0.15) is 0 Å². The summed E-state index contributed by atoms with van der Waals surface area (Å²) in [6.45, 7) is 6.15. The molecule has 1 fully saturated rings. The molecule has 4 rings (SSSR count). The molecule has 0 bridgehead atoms. The summed E-state index contributed by atoms with van der Waals surface area (Å²) in [5.41, 5.74) is 0.298. The highest BCUT2D eigenvalue weighted by Crippen LogP contribution is 2.51. The van der Waals surface area contributed by atoms with Crippen LogP contribution in [0.4, 0.5) is 9.18 Å². The van der Waals surface area contributed by atoms with Crippen molar-refractivity contribution in [1.29, 1.82) is 0 Å². The highest BCUT2D eigenvalue weighted by Gasteiger charge is 2.54. The summed E-state index contributed by atoms with van der Waals surface area (Å²) in [5.74, 6) is -0.0924. The van der Waals surface area contributed by atoms with Crippen molar-refractivity contribution >= 4 is 33.6 Å². The van der Waals surface area contributed by atoms with E-state index in [0.717, 1.165) is 24.0 Å². The van der Waals surface area contributed by atoms with Gasteiger partial charge in [0.25, 0.3) is 0 Å². The molecule has 2 aliphatic rings. The van der Waals surface area contributed by atoms with Crippen molar-refractivity contribution in [3.8, 4) is 5.75 Å². The molecule has 0 spiro atoms. The van der Waals surface area contributed by atoms with Gasteiger partial charge in [0.2, 0.25) is 0 Å². The van der Waals surface area contributed by atoms with Gasteiger partial charge in [0.05, 0.1) is 11.1 Å². The molecular formula is C23H24BrClFNO3. The van der Waals surface area contributed by atoms with Crippen molar-refractivity contribution in [3.63, 3.8) is 0 Å². The lowest BCUT2D eigenvalue weighted by molar-refractivity contribution is -0.0216. The highest BCUT2D eigenvalue weighted by molar-refractivity contribution is 9.10. The van der Waals surface area contributed by atoms with E-state index in [4.69, 9.17) is 21.1 Å². The Morgan fingerprint density at radius 3 is 2.70 bits per heavy atom. The summed E-state index contributed by atoms with van der Waals surface area (Å²) in [7, 11) is 0. The van der Waals surface area contributed by atoms with Gasteiger partial charge >= 0.3 is 6.09 Å². The Hall–Kier alpha value is -1.79. The Balaban J connectivity index is 1.79. The molecule has 0 saturated carbocycles. The van der Waals surface area contributed by atoms with Crippen LogP contribution >= 0.6 is 27.5 Å². The zero-order valence-corrected chi connectivity index (χ0v) is 19.5. The smallest absolute Gasteiger partial charge is 0.410 e. The van der Waals surface area contributed by atoms with Gasteiger partial charge in [-0.15, -0.1) is 0 Å². The molecule has 0 N–H and O–H groups in total. The molecule has 0 radical (unpaired) electrons. The number of nitrogens with zero attached hydrogens (tertiary/aromatic N) is 1.